The third-order valence-corrected chi connectivity index (χ3v) is 11.4. The van der Waals surface area contributed by atoms with Crippen molar-refractivity contribution in [1.29, 1.82) is 0 Å². The SMILES string of the molecule is COc1ccc(O)c([C@H]2C3=CC[C@@H]4C(=O)N(c5ccc(C(=O)O)c(O)c5)C(=O)[C@@H]4[C@@H]3C[C@H]3C(=O)N(c4cccc(Cl)c4)C(=O)[C@@]23c2ccccc2)c1. The number of carboxylic acids is 1. The van der Waals surface area contributed by atoms with E-state index in [4.69, 9.17) is 16.3 Å². The first-order chi connectivity index (χ1) is 25.0. The van der Waals surface area contributed by atoms with Crippen LogP contribution in [0.2, 0.25) is 5.02 Å². The van der Waals surface area contributed by atoms with Crippen LogP contribution in [-0.2, 0) is 24.6 Å². The number of anilines is 2. The number of carbonyl (C=O) groups is 5. The lowest BCUT2D eigenvalue weighted by Crippen LogP contribution is -2.53. The number of amides is 4. The fourth-order valence-electron chi connectivity index (χ4n) is 9.07. The van der Waals surface area contributed by atoms with E-state index < -0.39 is 70.4 Å². The van der Waals surface area contributed by atoms with Gasteiger partial charge in [0, 0.05) is 22.6 Å². The Kier molecular flexibility index (Phi) is 7.72. The van der Waals surface area contributed by atoms with Gasteiger partial charge >= 0.3 is 5.97 Å². The Morgan fingerprint density at radius 1 is 0.808 bits per heavy atom. The number of aromatic hydroxyl groups is 2. The second kappa shape index (κ2) is 12.1. The average Bonchev–Trinajstić information content (AvgIpc) is 3.52. The molecular weight excluding hydrogens is 688 g/mol. The molecular formula is C40H31ClN2O9. The van der Waals surface area contributed by atoms with Crippen LogP contribution < -0.4 is 14.5 Å². The fraction of sp³-hybridized carbons (Fsp3) is 0.225. The number of carbonyl (C=O) groups excluding carboxylic acids is 4. The molecule has 4 aliphatic rings. The van der Waals surface area contributed by atoms with Gasteiger partial charge in [0.25, 0.3) is 0 Å². The van der Waals surface area contributed by atoms with Crippen molar-refractivity contribution >= 4 is 52.6 Å². The van der Waals surface area contributed by atoms with Gasteiger partial charge in [-0.1, -0.05) is 59.6 Å². The lowest BCUT2D eigenvalue weighted by atomic mass is 9.49. The number of allylic oxidation sites excluding steroid dienone is 2. The number of hydrogen-bond acceptors (Lipinski definition) is 8. The Balaban J connectivity index is 1.34. The molecule has 3 fully saturated rings. The molecule has 1 saturated carbocycles. The molecule has 2 aliphatic carbocycles. The quantitative estimate of drug-likeness (QED) is 0.165. The van der Waals surface area contributed by atoms with Crippen LogP contribution >= 0.6 is 11.6 Å². The summed E-state index contributed by atoms with van der Waals surface area (Å²) in [4.78, 5) is 72.4. The molecule has 0 spiro atoms. The minimum Gasteiger partial charge on any atom is -0.508 e. The number of methoxy groups -OCH3 is 1. The van der Waals surface area contributed by atoms with Crippen molar-refractivity contribution in [3.63, 3.8) is 0 Å². The van der Waals surface area contributed by atoms with Gasteiger partial charge in [-0.3, -0.25) is 19.2 Å². The average molecular weight is 719 g/mol. The number of ether oxygens (including phenoxy) is 1. The highest BCUT2D eigenvalue weighted by Gasteiger charge is 2.70. The van der Waals surface area contributed by atoms with Crippen LogP contribution in [0, 0.1) is 23.7 Å². The molecule has 52 heavy (non-hydrogen) atoms. The van der Waals surface area contributed by atoms with E-state index >= 15 is 4.79 Å². The molecule has 3 N–H and O–H groups in total. The topological polar surface area (TPSA) is 162 Å². The number of halogens is 1. The molecule has 0 bridgehead atoms. The third kappa shape index (κ3) is 4.61. The van der Waals surface area contributed by atoms with Gasteiger partial charge in [0.15, 0.2) is 0 Å². The van der Waals surface area contributed by atoms with Crippen molar-refractivity contribution in [1.82, 2.24) is 0 Å². The molecule has 2 heterocycles. The molecule has 0 radical (unpaired) electrons. The molecule has 0 aromatic heterocycles. The van der Waals surface area contributed by atoms with E-state index in [1.165, 1.54) is 25.3 Å². The Hall–Kier alpha value is -5.94. The van der Waals surface area contributed by atoms with E-state index in [0.717, 1.165) is 21.9 Å². The number of aromatic carboxylic acids is 1. The molecule has 2 aliphatic heterocycles. The standard InChI is InChI=1S/C40H31ClN2O9/c1-52-24-11-15-31(44)29(18-24)34-25-13-14-27-33(37(48)42(35(27)46)23-10-12-26(38(49)50)32(45)17-23)28(25)19-30-36(47)43(22-9-5-8-21(41)16-22)39(51)40(30,34)20-6-3-2-4-7-20/h2-13,15-18,27-28,30,33-34,44-45H,14,19H2,1H3,(H,49,50)/t27-,28+,30-,33-,34+,40+/m0/s1. The first-order valence-corrected chi connectivity index (χ1v) is 17.1. The molecule has 4 amide bonds. The van der Waals surface area contributed by atoms with Gasteiger partial charge in [-0.15, -0.1) is 0 Å². The normalized spacial score (nSPS) is 26.5. The summed E-state index contributed by atoms with van der Waals surface area (Å²) in [5.74, 6) is -8.38. The predicted octanol–water partition coefficient (Wildman–Crippen LogP) is 5.83. The Bertz CT molecular complexity index is 2250. The number of benzene rings is 4. The second-order valence-corrected chi connectivity index (χ2v) is 14.0. The zero-order chi connectivity index (χ0) is 36.6. The fourth-order valence-corrected chi connectivity index (χ4v) is 9.26. The highest BCUT2D eigenvalue weighted by Crippen LogP contribution is 2.65. The van der Waals surface area contributed by atoms with E-state index in [2.05, 4.69) is 0 Å². The van der Waals surface area contributed by atoms with Crippen LogP contribution in [0.1, 0.15) is 40.2 Å². The van der Waals surface area contributed by atoms with Crippen LogP contribution in [0.25, 0.3) is 0 Å². The summed E-state index contributed by atoms with van der Waals surface area (Å²) in [5, 5.41) is 31.8. The van der Waals surface area contributed by atoms with Crippen molar-refractivity contribution < 1.29 is 44.0 Å². The van der Waals surface area contributed by atoms with E-state index in [0.29, 0.717) is 27.5 Å². The summed E-state index contributed by atoms with van der Waals surface area (Å²) in [7, 11) is 1.48. The molecule has 4 aromatic rings. The molecule has 12 heteroatoms. The van der Waals surface area contributed by atoms with Crippen molar-refractivity contribution in [2.24, 2.45) is 23.7 Å². The molecule has 2 saturated heterocycles. The van der Waals surface area contributed by atoms with Gasteiger partial charge in [0.1, 0.15) is 22.8 Å². The molecule has 11 nitrogen and oxygen atoms in total. The molecule has 0 unspecified atom stereocenters. The lowest BCUT2D eigenvalue weighted by molar-refractivity contribution is -0.127. The summed E-state index contributed by atoms with van der Waals surface area (Å²) in [5.41, 5.74) is -0.193. The van der Waals surface area contributed by atoms with Crippen molar-refractivity contribution in [2.45, 2.75) is 24.2 Å². The predicted molar refractivity (Wildman–Crippen MR) is 188 cm³/mol. The number of hydrogen-bond donors (Lipinski definition) is 3. The molecule has 6 atom stereocenters. The summed E-state index contributed by atoms with van der Waals surface area (Å²) < 4.78 is 5.56. The largest absolute Gasteiger partial charge is 0.508 e. The number of rotatable bonds is 6. The second-order valence-electron chi connectivity index (χ2n) is 13.5. The maximum atomic E-state index is 15.3. The Morgan fingerprint density at radius 3 is 2.25 bits per heavy atom. The first-order valence-electron chi connectivity index (χ1n) is 16.7. The smallest absolute Gasteiger partial charge is 0.339 e. The summed E-state index contributed by atoms with van der Waals surface area (Å²) >= 11 is 6.37. The summed E-state index contributed by atoms with van der Waals surface area (Å²) in [6, 6.07) is 23.6. The van der Waals surface area contributed by atoms with Crippen LogP contribution in [0.3, 0.4) is 0 Å². The number of carboxylic acid groups (broad SMARTS) is 1. The Morgan fingerprint density at radius 2 is 1.56 bits per heavy atom. The summed E-state index contributed by atoms with van der Waals surface area (Å²) in [6.07, 6.45) is 2.00. The minimum atomic E-state index is -1.59. The maximum Gasteiger partial charge on any atom is 0.339 e. The van der Waals surface area contributed by atoms with Crippen molar-refractivity contribution in [2.75, 3.05) is 16.9 Å². The van der Waals surface area contributed by atoms with Gasteiger partial charge in [-0.2, -0.15) is 0 Å². The number of nitrogens with zero attached hydrogens (tertiary/aromatic N) is 2. The van der Waals surface area contributed by atoms with Gasteiger partial charge in [-0.05, 0) is 72.9 Å². The Labute approximate surface area is 302 Å². The first kappa shape index (κ1) is 33.2. The minimum absolute atomic E-state index is 0.0177. The van der Waals surface area contributed by atoms with Crippen LogP contribution in [-0.4, -0.2) is 52.0 Å². The van der Waals surface area contributed by atoms with Crippen LogP contribution in [0.15, 0.2) is 103 Å². The van der Waals surface area contributed by atoms with Crippen molar-refractivity contribution in [3.05, 3.63) is 124 Å². The van der Waals surface area contributed by atoms with E-state index in [9.17, 15) is 34.5 Å². The zero-order valence-electron chi connectivity index (χ0n) is 27.6. The number of phenols is 2. The number of imide groups is 2. The third-order valence-electron chi connectivity index (χ3n) is 11.2. The number of phenolic OH excluding ortho intramolecular Hbond substituents is 1. The van der Waals surface area contributed by atoms with Crippen LogP contribution in [0.5, 0.6) is 17.2 Å². The molecule has 262 valence electrons. The number of fused-ring (bicyclic) bond motifs is 4. The highest BCUT2D eigenvalue weighted by molar-refractivity contribution is 6.32. The molecule has 8 rings (SSSR count). The van der Waals surface area contributed by atoms with E-state index in [1.807, 2.05) is 6.08 Å². The van der Waals surface area contributed by atoms with Crippen LogP contribution in [0.4, 0.5) is 11.4 Å². The summed E-state index contributed by atoms with van der Waals surface area (Å²) in [6.45, 7) is 0. The van der Waals surface area contributed by atoms with E-state index in [-0.39, 0.29) is 35.5 Å². The lowest BCUT2D eigenvalue weighted by Gasteiger charge is -2.50. The van der Waals surface area contributed by atoms with Crippen molar-refractivity contribution in [3.8, 4) is 17.2 Å². The zero-order valence-corrected chi connectivity index (χ0v) is 28.4. The van der Waals surface area contributed by atoms with Gasteiger partial charge in [0.05, 0.1) is 41.7 Å². The van der Waals surface area contributed by atoms with Gasteiger partial charge in [0.2, 0.25) is 23.6 Å². The maximum absolute atomic E-state index is 15.3. The molecule has 4 aromatic carbocycles. The van der Waals surface area contributed by atoms with Gasteiger partial charge in [-0.25, -0.2) is 14.6 Å². The monoisotopic (exact) mass is 718 g/mol. The van der Waals surface area contributed by atoms with Gasteiger partial charge < -0.3 is 20.1 Å². The van der Waals surface area contributed by atoms with E-state index in [1.54, 1.807) is 60.7 Å². The highest BCUT2D eigenvalue weighted by atomic mass is 35.5.